The topological polar surface area (TPSA) is 78.9 Å². The van der Waals surface area contributed by atoms with Crippen molar-refractivity contribution in [3.63, 3.8) is 0 Å². The van der Waals surface area contributed by atoms with Crippen molar-refractivity contribution in [1.82, 2.24) is 0 Å². The van der Waals surface area contributed by atoms with E-state index in [1.54, 1.807) is 0 Å². The Balaban J connectivity index is 4.15. The summed E-state index contributed by atoms with van der Waals surface area (Å²) in [4.78, 5) is 38.3. The van der Waals surface area contributed by atoms with Gasteiger partial charge in [-0.3, -0.25) is 14.4 Å². The van der Waals surface area contributed by atoms with E-state index in [-0.39, 0.29) is 31.1 Å². The Morgan fingerprint density at radius 2 is 0.456 bits per heavy atom. The zero-order chi connectivity index (χ0) is 57.1. The van der Waals surface area contributed by atoms with E-state index in [1.165, 1.54) is 283 Å². The van der Waals surface area contributed by atoms with Crippen molar-refractivity contribution < 1.29 is 28.6 Å². The molecule has 0 saturated heterocycles. The van der Waals surface area contributed by atoms with Gasteiger partial charge in [0.25, 0.3) is 0 Å². The monoisotopic (exact) mass is 1110 g/mol. The number of allylic oxidation sites excluding steroid dienone is 6. The number of hydrogen-bond acceptors (Lipinski definition) is 6. The summed E-state index contributed by atoms with van der Waals surface area (Å²) in [6, 6.07) is 0. The lowest BCUT2D eigenvalue weighted by atomic mass is 10.0. The fourth-order valence-electron chi connectivity index (χ4n) is 10.8. The van der Waals surface area contributed by atoms with Gasteiger partial charge in [-0.2, -0.15) is 0 Å². The summed E-state index contributed by atoms with van der Waals surface area (Å²) in [5.74, 6) is -0.846. The van der Waals surface area contributed by atoms with Gasteiger partial charge < -0.3 is 14.2 Å². The highest BCUT2D eigenvalue weighted by Gasteiger charge is 2.19. The molecule has 0 aromatic rings. The van der Waals surface area contributed by atoms with Crippen LogP contribution in [0.15, 0.2) is 36.5 Å². The summed E-state index contributed by atoms with van der Waals surface area (Å²) in [6.07, 6.45) is 84.7. The van der Waals surface area contributed by atoms with Crippen molar-refractivity contribution in [2.45, 2.75) is 399 Å². The second-order valence-corrected chi connectivity index (χ2v) is 24.2. The van der Waals surface area contributed by atoms with Crippen molar-refractivity contribution in [3.05, 3.63) is 36.5 Å². The number of rotatable bonds is 66. The first kappa shape index (κ1) is 76.6. The van der Waals surface area contributed by atoms with Crippen molar-refractivity contribution in [2.24, 2.45) is 0 Å². The Kier molecular flexibility index (Phi) is 66.1. The van der Waals surface area contributed by atoms with Crippen LogP contribution in [0.2, 0.25) is 0 Å². The number of esters is 3. The molecule has 0 saturated carbocycles. The number of carbonyl (C=O) groups is 3. The summed E-state index contributed by atoms with van der Waals surface area (Å²) in [5.41, 5.74) is 0. The van der Waals surface area contributed by atoms with E-state index < -0.39 is 6.10 Å². The maximum Gasteiger partial charge on any atom is 0.306 e. The molecule has 6 nitrogen and oxygen atoms in total. The molecule has 0 spiro atoms. The Labute approximate surface area is 493 Å². The predicted molar refractivity (Wildman–Crippen MR) is 344 cm³/mol. The molecule has 1 unspecified atom stereocenters. The lowest BCUT2D eigenvalue weighted by Crippen LogP contribution is -2.30. The Hall–Kier alpha value is -2.37. The van der Waals surface area contributed by atoms with Gasteiger partial charge in [0, 0.05) is 19.3 Å². The lowest BCUT2D eigenvalue weighted by Gasteiger charge is -2.18. The van der Waals surface area contributed by atoms with Crippen LogP contribution in [-0.4, -0.2) is 37.2 Å². The molecule has 0 bridgehead atoms. The predicted octanol–water partition coefficient (Wildman–Crippen LogP) is 24.3. The van der Waals surface area contributed by atoms with Gasteiger partial charge in [0.2, 0.25) is 0 Å². The van der Waals surface area contributed by atoms with Crippen LogP contribution in [0.4, 0.5) is 0 Å². The van der Waals surface area contributed by atoms with Crippen molar-refractivity contribution in [1.29, 1.82) is 0 Å². The summed E-state index contributed by atoms with van der Waals surface area (Å²) in [7, 11) is 0. The lowest BCUT2D eigenvalue weighted by molar-refractivity contribution is -0.167. The van der Waals surface area contributed by atoms with Crippen LogP contribution in [0.1, 0.15) is 393 Å². The molecule has 0 aliphatic rings. The Morgan fingerprint density at radius 3 is 0.709 bits per heavy atom. The van der Waals surface area contributed by atoms with Gasteiger partial charge >= 0.3 is 17.9 Å². The summed E-state index contributed by atoms with van der Waals surface area (Å²) >= 11 is 0. The molecule has 1 atom stereocenters. The second kappa shape index (κ2) is 68.1. The quantitative estimate of drug-likeness (QED) is 0.0261. The average Bonchev–Trinajstić information content (AvgIpc) is 3.45. The standard InChI is InChI=1S/C73H136O6/c1-4-7-10-13-16-19-22-24-26-28-30-32-34-36-38-39-41-43-45-47-49-51-54-57-60-63-66-72(75)78-69-70(68-77-71(74)65-62-59-56-53-21-18-15-12-9-6-3)79-73(76)67-64-61-58-55-52-50-48-46-44-42-40-37-35-33-31-29-27-25-23-20-17-14-11-8-5-2/h23,25,29,31,35,37,70H,4-22,24,26-28,30,32-34,36,38-69H2,1-3H3/b25-23-,31-29-,37-35-. The maximum absolute atomic E-state index is 12.9. The van der Waals surface area contributed by atoms with Gasteiger partial charge in [0.05, 0.1) is 0 Å². The first-order valence-corrected chi connectivity index (χ1v) is 35.5. The van der Waals surface area contributed by atoms with Gasteiger partial charge in [0.1, 0.15) is 13.2 Å². The molecule has 0 amide bonds. The van der Waals surface area contributed by atoms with Gasteiger partial charge in [-0.1, -0.05) is 353 Å². The number of carbonyl (C=O) groups excluding carboxylic acids is 3. The minimum atomic E-state index is -0.771. The van der Waals surface area contributed by atoms with E-state index >= 15 is 0 Å². The van der Waals surface area contributed by atoms with Crippen molar-refractivity contribution in [3.8, 4) is 0 Å². The third-order valence-corrected chi connectivity index (χ3v) is 16.1. The van der Waals surface area contributed by atoms with Crippen molar-refractivity contribution in [2.75, 3.05) is 13.2 Å². The highest BCUT2D eigenvalue weighted by Crippen LogP contribution is 2.19. The smallest absolute Gasteiger partial charge is 0.306 e. The number of ether oxygens (including phenoxy) is 3. The van der Waals surface area contributed by atoms with E-state index in [1.807, 2.05) is 0 Å². The molecule has 6 heteroatoms. The Morgan fingerprint density at radius 1 is 0.253 bits per heavy atom. The van der Waals surface area contributed by atoms with Gasteiger partial charge in [-0.15, -0.1) is 0 Å². The molecular weight excluding hydrogens is 973 g/mol. The fraction of sp³-hybridized carbons (Fsp3) is 0.877. The first-order chi connectivity index (χ1) is 39.0. The minimum absolute atomic E-state index is 0.0679. The van der Waals surface area contributed by atoms with Crippen LogP contribution in [0.25, 0.3) is 0 Å². The first-order valence-electron chi connectivity index (χ1n) is 35.5. The third-order valence-electron chi connectivity index (χ3n) is 16.1. The summed E-state index contributed by atoms with van der Waals surface area (Å²) in [6.45, 7) is 6.69. The zero-order valence-corrected chi connectivity index (χ0v) is 53.4. The molecule has 0 rings (SSSR count). The molecule has 0 N–H and O–H groups in total. The fourth-order valence-corrected chi connectivity index (χ4v) is 10.8. The van der Waals surface area contributed by atoms with Crippen LogP contribution in [0, 0.1) is 0 Å². The molecule has 0 aliphatic heterocycles. The van der Waals surface area contributed by atoms with Crippen LogP contribution in [0.5, 0.6) is 0 Å². The molecule has 464 valence electrons. The average molecular weight is 1110 g/mol. The highest BCUT2D eigenvalue weighted by atomic mass is 16.6. The summed E-state index contributed by atoms with van der Waals surface area (Å²) < 4.78 is 17.0. The van der Waals surface area contributed by atoms with E-state index in [0.717, 1.165) is 70.6 Å². The van der Waals surface area contributed by atoms with Gasteiger partial charge in [0.15, 0.2) is 6.10 Å². The van der Waals surface area contributed by atoms with Crippen LogP contribution in [0.3, 0.4) is 0 Å². The molecular formula is C73H136O6. The van der Waals surface area contributed by atoms with Gasteiger partial charge in [-0.25, -0.2) is 0 Å². The zero-order valence-electron chi connectivity index (χ0n) is 53.4. The van der Waals surface area contributed by atoms with E-state index in [9.17, 15) is 14.4 Å². The van der Waals surface area contributed by atoms with Crippen LogP contribution >= 0.6 is 0 Å². The molecule has 0 radical (unpaired) electrons. The molecule has 0 heterocycles. The number of unbranched alkanes of at least 4 members (excludes halogenated alkanes) is 49. The van der Waals surface area contributed by atoms with E-state index in [0.29, 0.717) is 19.3 Å². The second-order valence-electron chi connectivity index (χ2n) is 24.2. The van der Waals surface area contributed by atoms with E-state index in [2.05, 4.69) is 57.2 Å². The SMILES string of the molecule is CCCCCCC/C=C\C/C=C\C/C=C\CCCCCCCCCCCCC(=O)OC(COC(=O)CCCCCCCCCCCC)COC(=O)CCCCCCCCCCCCCCCCCCCCCCCCCCCC. The normalized spacial score (nSPS) is 12.2. The maximum atomic E-state index is 12.9. The largest absolute Gasteiger partial charge is 0.462 e. The minimum Gasteiger partial charge on any atom is -0.462 e. The van der Waals surface area contributed by atoms with Crippen LogP contribution < -0.4 is 0 Å². The van der Waals surface area contributed by atoms with E-state index in [4.69, 9.17) is 14.2 Å². The number of hydrogen-bond donors (Lipinski definition) is 0. The Bertz CT molecular complexity index is 1320. The summed E-state index contributed by atoms with van der Waals surface area (Å²) in [5, 5.41) is 0. The molecule has 0 aliphatic carbocycles. The molecule has 0 aromatic heterocycles. The molecule has 0 fully saturated rings. The molecule has 0 aromatic carbocycles. The van der Waals surface area contributed by atoms with Gasteiger partial charge in [-0.05, 0) is 57.8 Å². The third kappa shape index (κ3) is 66.3. The molecule has 79 heavy (non-hydrogen) atoms. The highest BCUT2D eigenvalue weighted by molar-refractivity contribution is 5.71. The van der Waals surface area contributed by atoms with Crippen molar-refractivity contribution >= 4 is 17.9 Å². The van der Waals surface area contributed by atoms with Crippen LogP contribution in [-0.2, 0) is 28.6 Å².